The molecule has 0 aliphatic carbocycles. The summed E-state index contributed by atoms with van der Waals surface area (Å²) in [5, 5.41) is 6.90. The summed E-state index contributed by atoms with van der Waals surface area (Å²) in [6, 6.07) is 0.721. The van der Waals surface area contributed by atoms with Crippen LogP contribution in [-0.2, 0) is 0 Å². The van der Waals surface area contributed by atoms with E-state index in [1.807, 2.05) is 0 Å². The summed E-state index contributed by atoms with van der Waals surface area (Å²) in [4.78, 5) is 0. The average molecular weight is 156 g/mol. The zero-order valence-corrected chi connectivity index (χ0v) is 7.69. The molecule has 0 saturated carbocycles. The Bertz CT molecular complexity index is 104. The Balaban J connectivity index is 2.12. The third kappa shape index (κ3) is 3.21. The molecule has 1 heterocycles. The summed E-state index contributed by atoms with van der Waals surface area (Å²) in [5.74, 6) is 0.917. The van der Waals surface area contributed by atoms with E-state index in [-0.39, 0.29) is 0 Å². The molecule has 66 valence electrons. The lowest BCUT2D eigenvalue weighted by molar-refractivity contribution is 0.312. The Morgan fingerprint density at radius 2 is 2.36 bits per heavy atom. The lowest BCUT2D eigenvalue weighted by Gasteiger charge is -2.28. The standard InChI is InChI=1S/C9H20N2/c1-3-10-7-9-6-8(2)4-5-11-9/h8-11H,3-7H2,1-2H3. The molecule has 0 amide bonds. The molecule has 2 N–H and O–H groups in total. The van der Waals surface area contributed by atoms with Gasteiger partial charge in [-0.1, -0.05) is 13.8 Å². The zero-order chi connectivity index (χ0) is 8.10. The van der Waals surface area contributed by atoms with Crippen molar-refractivity contribution in [1.29, 1.82) is 0 Å². The van der Waals surface area contributed by atoms with Crippen molar-refractivity contribution in [3.8, 4) is 0 Å². The van der Waals surface area contributed by atoms with E-state index in [2.05, 4.69) is 24.5 Å². The predicted octanol–water partition coefficient (Wildman–Crippen LogP) is 0.984. The van der Waals surface area contributed by atoms with Gasteiger partial charge in [0.1, 0.15) is 0 Å². The second kappa shape index (κ2) is 4.73. The van der Waals surface area contributed by atoms with Crippen LogP contribution in [0.4, 0.5) is 0 Å². The van der Waals surface area contributed by atoms with E-state index < -0.39 is 0 Å². The first kappa shape index (κ1) is 9.01. The number of likely N-dealkylation sites (N-methyl/N-ethyl adjacent to an activating group) is 1. The van der Waals surface area contributed by atoms with Crippen molar-refractivity contribution < 1.29 is 0 Å². The smallest absolute Gasteiger partial charge is 0.0195 e. The van der Waals surface area contributed by atoms with Gasteiger partial charge in [-0.2, -0.15) is 0 Å². The van der Waals surface area contributed by atoms with Crippen LogP contribution in [0, 0.1) is 5.92 Å². The zero-order valence-electron chi connectivity index (χ0n) is 7.69. The van der Waals surface area contributed by atoms with Gasteiger partial charge in [0.2, 0.25) is 0 Å². The first-order valence-electron chi connectivity index (χ1n) is 4.77. The summed E-state index contributed by atoms with van der Waals surface area (Å²) in [6.07, 6.45) is 2.69. The van der Waals surface area contributed by atoms with Crippen LogP contribution >= 0.6 is 0 Å². The number of piperidine rings is 1. The Morgan fingerprint density at radius 1 is 1.55 bits per heavy atom. The summed E-state index contributed by atoms with van der Waals surface area (Å²) < 4.78 is 0. The summed E-state index contributed by atoms with van der Waals surface area (Å²) in [7, 11) is 0. The van der Waals surface area contributed by atoms with E-state index in [9.17, 15) is 0 Å². The van der Waals surface area contributed by atoms with Crippen molar-refractivity contribution in [3.63, 3.8) is 0 Å². The predicted molar refractivity (Wildman–Crippen MR) is 48.7 cm³/mol. The van der Waals surface area contributed by atoms with Crippen molar-refractivity contribution in [2.45, 2.75) is 32.7 Å². The molecule has 1 aliphatic heterocycles. The molecule has 0 spiro atoms. The molecule has 1 aliphatic rings. The maximum Gasteiger partial charge on any atom is 0.0195 e. The first-order chi connectivity index (χ1) is 5.33. The number of hydrogen-bond donors (Lipinski definition) is 2. The average Bonchev–Trinajstić information content (AvgIpc) is 2.01. The van der Waals surface area contributed by atoms with Crippen LogP contribution in [0.2, 0.25) is 0 Å². The van der Waals surface area contributed by atoms with Gasteiger partial charge in [0.25, 0.3) is 0 Å². The van der Waals surface area contributed by atoms with Crippen LogP contribution in [0.15, 0.2) is 0 Å². The normalized spacial score (nSPS) is 32.2. The number of rotatable bonds is 3. The highest BCUT2D eigenvalue weighted by molar-refractivity contribution is 4.77. The van der Waals surface area contributed by atoms with Gasteiger partial charge in [-0.05, 0) is 31.8 Å². The van der Waals surface area contributed by atoms with Crippen molar-refractivity contribution in [2.75, 3.05) is 19.6 Å². The Morgan fingerprint density at radius 3 is 3.00 bits per heavy atom. The molecule has 0 aromatic carbocycles. The van der Waals surface area contributed by atoms with Gasteiger partial charge in [0.05, 0.1) is 0 Å². The third-order valence-corrected chi connectivity index (χ3v) is 2.40. The topological polar surface area (TPSA) is 24.1 Å². The minimum absolute atomic E-state index is 0.721. The van der Waals surface area contributed by atoms with Crippen molar-refractivity contribution in [1.82, 2.24) is 10.6 Å². The molecule has 0 bridgehead atoms. The van der Waals surface area contributed by atoms with Gasteiger partial charge in [0, 0.05) is 12.6 Å². The fourth-order valence-corrected chi connectivity index (χ4v) is 1.69. The largest absolute Gasteiger partial charge is 0.315 e. The Kier molecular flexibility index (Phi) is 3.87. The summed E-state index contributed by atoms with van der Waals surface area (Å²) in [6.45, 7) is 7.94. The summed E-state index contributed by atoms with van der Waals surface area (Å²) in [5.41, 5.74) is 0. The van der Waals surface area contributed by atoms with Crippen LogP contribution in [0.1, 0.15) is 26.7 Å². The number of hydrogen-bond acceptors (Lipinski definition) is 2. The molecule has 11 heavy (non-hydrogen) atoms. The van der Waals surface area contributed by atoms with Gasteiger partial charge in [0.15, 0.2) is 0 Å². The minimum Gasteiger partial charge on any atom is -0.315 e. The number of nitrogens with one attached hydrogen (secondary N) is 2. The minimum atomic E-state index is 0.721. The molecule has 0 aromatic rings. The highest BCUT2D eigenvalue weighted by Gasteiger charge is 2.16. The first-order valence-corrected chi connectivity index (χ1v) is 4.77. The maximum atomic E-state index is 3.52. The molecule has 2 unspecified atom stereocenters. The molecule has 0 aromatic heterocycles. The Labute approximate surface area is 69.8 Å². The second-order valence-corrected chi connectivity index (χ2v) is 3.59. The van der Waals surface area contributed by atoms with Crippen LogP contribution in [0.25, 0.3) is 0 Å². The van der Waals surface area contributed by atoms with E-state index in [1.54, 1.807) is 0 Å². The molecular weight excluding hydrogens is 136 g/mol. The molecule has 2 heteroatoms. The van der Waals surface area contributed by atoms with E-state index in [1.165, 1.54) is 19.4 Å². The van der Waals surface area contributed by atoms with E-state index >= 15 is 0 Å². The van der Waals surface area contributed by atoms with Crippen molar-refractivity contribution in [3.05, 3.63) is 0 Å². The van der Waals surface area contributed by atoms with E-state index in [0.717, 1.165) is 25.0 Å². The fourth-order valence-electron chi connectivity index (χ4n) is 1.69. The maximum absolute atomic E-state index is 3.52. The van der Waals surface area contributed by atoms with Crippen LogP contribution in [0.5, 0.6) is 0 Å². The highest BCUT2D eigenvalue weighted by Crippen LogP contribution is 2.13. The Hall–Kier alpha value is -0.0800. The van der Waals surface area contributed by atoms with E-state index in [0.29, 0.717) is 0 Å². The SMILES string of the molecule is CCNCC1CC(C)CCN1. The van der Waals surface area contributed by atoms with Gasteiger partial charge >= 0.3 is 0 Å². The molecule has 1 fully saturated rings. The van der Waals surface area contributed by atoms with E-state index in [4.69, 9.17) is 0 Å². The fraction of sp³-hybridized carbons (Fsp3) is 1.00. The van der Waals surface area contributed by atoms with Crippen molar-refractivity contribution in [2.24, 2.45) is 5.92 Å². The van der Waals surface area contributed by atoms with Crippen molar-refractivity contribution >= 4 is 0 Å². The van der Waals surface area contributed by atoms with Gasteiger partial charge in [-0.15, -0.1) is 0 Å². The molecule has 1 saturated heterocycles. The molecular formula is C9H20N2. The monoisotopic (exact) mass is 156 g/mol. The van der Waals surface area contributed by atoms with Crippen LogP contribution in [-0.4, -0.2) is 25.7 Å². The molecule has 2 atom stereocenters. The van der Waals surface area contributed by atoms with Crippen LogP contribution in [0.3, 0.4) is 0 Å². The lowest BCUT2D eigenvalue weighted by Crippen LogP contribution is -2.43. The quantitative estimate of drug-likeness (QED) is 0.636. The second-order valence-electron chi connectivity index (χ2n) is 3.59. The highest BCUT2D eigenvalue weighted by atomic mass is 15.0. The van der Waals surface area contributed by atoms with Gasteiger partial charge < -0.3 is 10.6 Å². The molecule has 1 rings (SSSR count). The molecule has 0 radical (unpaired) electrons. The van der Waals surface area contributed by atoms with Gasteiger partial charge in [-0.25, -0.2) is 0 Å². The lowest BCUT2D eigenvalue weighted by atomic mass is 9.94. The molecule has 2 nitrogen and oxygen atoms in total. The van der Waals surface area contributed by atoms with Crippen LogP contribution < -0.4 is 10.6 Å². The van der Waals surface area contributed by atoms with Gasteiger partial charge in [-0.3, -0.25) is 0 Å². The third-order valence-electron chi connectivity index (χ3n) is 2.40. The summed E-state index contributed by atoms with van der Waals surface area (Å²) >= 11 is 0.